The minimum absolute atomic E-state index is 0.0826. The lowest BCUT2D eigenvalue weighted by Gasteiger charge is -2.20. The molecule has 4 aromatic carbocycles. The molecule has 0 fully saturated rings. The van der Waals surface area contributed by atoms with E-state index in [0.29, 0.717) is 0 Å². The molecule has 38 heavy (non-hydrogen) atoms. The van der Waals surface area contributed by atoms with Gasteiger partial charge in [0.25, 0.3) is 0 Å². The van der Waals surface area contributed by atoms with Crippen molar-refractivity contribution in [2.45, 2.75) is 0 Å². The third-order valence-electron chi connectivity index (χ3n) is 6.41. The standard InChI is InChI=1S/C34H30N4/c1-37(2)31-18-14-29(15-19-31)34(30-16-20-32(21-17-30)38(3)4)33(27-8-6-5-7-9-27)28-12-10-25(11-13-28)22-26(23-35)24-36/h5-22H,1-4H3. The highest BCUT2D eigenvalue weighted by Gasteiger charge is 2.17. The van der Waals surface area contributed by atoms with Gasteiger partial charge in [0, 0.05) is 39.6 Å². The van der Waals surface area contributed by atoms with Gasteiger partial charge < -0.3 is 9.80 Å². The van der Waals surface area contributed by atoms with Gasteiger partial charge in [0.1, 0.15) is 17.7 Å². The Bertz CT molecular complexity index is 1460. The average molecular weight is 495 g/mol. The molecule has 0 atom stereocenters. The summed E-state index contributed by atoms with van der Waals surface area (Å²) in [6.07, 6.45) is 1.61. The van der Waals surface area contributed by atoms with Crippen LogP contribution in [0.15, 0.2) is 109 Å². The molecule has 4 nitrogen and oxygen atoms in total. The first kappa shape index (κ1) is 26.0. The Morgan fingerprint density at radius 1 is 0.526 bits per heavy atom. The van der Waals surface area contributed by atoms with Gasteiger partial charge in [-0.3, -0.25) is 0 Å². The molecule has 0 amide bonds. The van der Waals surface area contributed by atoms with Crippen LogP contribution >= 0.6 is 0 Å². The van der Waals surface area contributed by atoms with Crippen LogP contribution in [0.3, 0.4) is 0 Å². The normalized spacial score (nSPS) is 10.1. The lowest BCUT2D eigenvalue weighted by Crippen LogP contribution is -2.09. The molecule has 0 aliphatic carbocycles. The molecule has 0 N–H and O–H groups in total. The van der Waals surface area contributed by atoms with Gasteiger partial charge in [-0.1, -0.05) is 78.9 Å². The summed E-state index contributed by atoms with van der Waals surface area (Å²) in [6, 6.07) is 39.6. The molecule has 0 bridgehead atoms. The minimum Gasteiger partial charge on any atom is -0.378 e. The van der Waals surface area contributed by atoms with Crippen molar-refractivity contribution in [1.29, 1.82) is 10.5 Å². The number of anilines is 2. The summed E-state index contributed by atoms with van der Waals surface area (Å²) in [5.41, 5.74) is 9.80. The number of hydrogen-bond acceptors (Lipinski definition) is 4. The van der Waals surface area contributed by atoms with Gasteiger partial charge in [-0.25, -0.2) is 0 Å². The zero-order valence-corrected chi connectivity index (χ0v) is 22.2. The number of benzene rings is 4. The molecule has 4 rings (SSSR count). The van der Waals surface area contributed by atoms with Crippen molar-refractivity contribution in [3.63, 3.8) is 0 Å². The quantitative estimate of drug-likeness (QED) is 0.200. The van der Waals surface area contributed by atoms with E-state index in [-0.39, 0.29) is 5.57 Å². The van der Waals surface area contributed by atoms with Crippen molar-refractivity contribution in [2.75, 3.05) is 38.0 Å². The molecule has 0 aliphatic rings. The maximum Gasteiger partial charge on any atom is 0.130 e. The fourth-order valence-electron chi connectivity index (χ4n) is 4.37. The summed E-state index contributed by atoms with van der Waals surface area (Å²) < 4.78 is 0. The van der Waals surface area contributed by atoms with E-state index in [1.165, 1.54) is 0 Å². The molecule has 0 saturated carbocycles. The summed E-state index contributed by atoms with van der Waals surface area (Å²) in [5, 5.41) is 18.3. The molecule has 4 heteroatoms. The molecular weight excluding hydrogens is 464 g/mol. The van der Waals surface area contributed by atoms with E-state index in [9.17, 15) is 0 Å². The Labute approximate surface area is 225 Å². The third-order valence-corrected chi connectivity index (χ3v) is 6.41. The maximum atomic E-state index is 9.16. The fourth-order valence-corrected chi connectivity index (χ4v) is 4.37. The van der Waals surface area contributed by atoms with Crippen LogP contribution in [0.25, 0.3) is 17.2 Å². The van der Waals surface area contributed by atoms with Gasteiger partial charge in [-0.05, 0) is 69.3 Å². The lowest BCUT2D eigenvalue weighted by molar-refractivity contribution is 1.13. The molecule has 0 heterocycles. The van der Waals surface area contributed by atoms with E-state index in [0.717, 1.165) is 50.3 Å². The molecule has 0 aliphatic heterocycles. The van der Waals surface area contributed by atoms with E-state index in [4.69, 9.17) is 10.5 Å². The largest absolute Gasteiger partial charge is 0.378 e. The topological polar surface area (TPSA) is 54.1 Å². The number of nitrogens with zero attached hydrogens (tertiary/aromatic N) is 4. The second-order valence-corrected chi connectivity index (χ2v) is 9.40. The first-order valence-electron chi connectivity index (χ1n) is 12.4. The van der Waals surface area contributed by atoms with Crippen LogP contribution in [0, 0.1) is 22.7 Å². The van der Waals surface area contributed by atoms with Crippen LogP contribution in [-0.4, -0.2) is 28.2 Å². The van der Waals surface area contributed by atoms with Gasteiger partial charge in [0.05, 0.1) is 0 Å². The summed E-state index contributed by atoms with van der Waals surface area (Å²) >= 11 is 0. The van der Waals surface area contributed by atoms with Crippen molar-refractivity contribution in [3.8, 4) is 12.1 Å². The van der Waals surface area contributed by atoms with Gasteiger partial charge in [-0.2, -0.15) is 10.5 Å². The van der Waals surface area contributed by atoms with Crippen LogP contribution in [0.2, 0.25) is 0 Å². The summed E-state index contributed by atoms with van der Waals surface area (Å²) in [6.45, 7) is 0. The molecule has 0 spiro atoms. The van der Waals surface area contributed by atoms with E-state index in [1.807, 2.05) is 58.5 Å². The Morgan fingerprint density at radius 3 is 1.26 bits per heavy atom. The Hall–Kier alpha value is -5.06. The highest BCUT2D eigenvalue weighted by molar-refractivity contribution is 6.04. The first-order chi connectivity index (χ1) is 18.4. The molecule has 186 valence electrons. The van der Waals surface area contributed by atoms with E-state index >= 15 is 0 Å². The number of allylic oxidation sites excluding steroid dienone is 1. The molecule has 0 radical (unpaired) electrons. The van der Waals surface area contributed by atoms with Crippen LogP contribution in [0.4, 0.5) is 11.4 Å². The third kappa shape index (κ3) is 5.84. The van der Waals surface area contributed by atoms with E-state index in [2.05, 4.69) is 94.7 Å². The Balaban J connectivity index is 2.00. The number of rotatable bonds is 7. The second kappa shape index (κ2) is 11.8. The van der Waals surface area contributed by atoms with Crippen molar-refractivity contribution in [3.05, 3.63) is 137 Å². The zero-order chi connectivity index (χ0) is 27.1. The van der Waals surface area contributed by atoms with E-state index in [1.54, 1.807) is 6.08 Å². The van der Waals surface area contributed by atoms with Crippen LogP contribution < -0.4 is 9.80 Å². The smallest absolute Gasteiger partial charge is 0.130 e. The maximum absolute atomic E-state index is 9.16. The van der Waals surface area contributed by atoms with E-state index < -0.39 is 0 Å². The van der Waals surface area contributed by atoms with Crippen LogP contribution in [0.5, 0.6) is 0 Å². The monoisotopic (exact) mass is 494 g/mol. The minimum atomic E-state index is 0.0826. The van der Waals surface area contributed by atoms with Crippen LogP contribution in [-0.2, 0) is 0 Å². The molecule has 0 saturated heterocycles. The molecule has 0 aromatic heterocycles. The van der Waals surface area contributed by atoms with Gasteiger partial charge in [0.2, 0.25) is 0 Å². The highest BCUT2D eigenvalue weighted by Crippen LogP contribution is 2.38. The molecule has 4 aromatic rings. The number of hydrogen-bond donors (Lipinski definition) is 0. The summed E-state index contributed by atoms with van der Waals surface area (Å²) in [7, 11) is 8.17. The lowest BCUT2D eigenvalue weighted by atomic mass is 9.85. The SMILES string of the molecule is CN(C)c1ccc(C(=C(c2ccccc2)c2ccc(C=C(C#N)C#N)cc2)c2ccc(N(C)C)cc2)cc1. The van der Waals surface area contributed by atoms with Crippen molar-refractivity contribution < 1.29 is 0 Å². The Kier molecular flexibility index (Phi) is 8.07. The fraction of sp³-hybridized carbons (Fsp3) is 0.118. The van der Waals surface area contributed by atoms with Crippen molar-refractivity contribution in [2.24, 2.45) is 0 Å². The number of nitriles is 2. The van der Waals surface area contributed by atoms with Gasteiger partial charge in [0.15, 0.2) is 0 Å². The predicted molar refractivity (Wildman–Crippen MR) is 159 cm³/mol. The molecular formula is C34H30N4. The van der Waals surface area contributed by atoms with Crippen molar-refractivity contribution >= 4 is 28.6 Å². The summed E-state index contributed by atoms with van der Waals surface area (Å²) in [4.78, 5) is 4.19. The van der Waals surface area contributed by atoms with Crippen LogP contribution in [0.1, 0.15) is 27.8 Å². The zero-order valence-electron chi connectivity index (χ0n) is 22.2. The summed E-state index contributed by atoms with van der Waals surface area (Å²) in [5.74, 6) is 0. The van der Waals surface area contributed by atoms with Gasteiger partial charge in [-0.15, -0.1) is 0 Å². The highest BCUT2D eigenvalue weighted by atomic mass is 15.1. The Morgan fingerprint density at radius 2 is 0.895 bits per heavy atom. The van der Waals surface area contributed by atoms with Crippen molar-refractivity contribution in [1.82, 2.24) is 0 Å². The first-order valence-corrected chi connectivity index (χ1v) is 12.4. The average Bonchev–Trinajstić information content (AvgIpc) is 2.95. The van der Waals surface area contributed by atoms with Gasteiger partial charge >= 0.3 is 0 Å². The second-order valence-electron chi connectivity index (χ2n) is 9.40. The molecule has 0 unspecified atom stereocenters. The predicted octanol–water partition coefficient (Wildman–Crippen LogP) is 7.26.